The zero-order valence-electron chi connectivity index (χ0n) is 11.5. The number of hydrogen-bond acceptors (Lipinski definition) is 3. The molecule has 18 heavy (non-hydrogen) atoms. The molecule has 102 valence electrons. The highest BCUT2D eigenvalue weighted by Gasteiger charge is 2.19. The molecule has 0 aromatic heterocycles. The van der Waals surface area contributed by atoms with Crippen LogP contribution in [0.15, 0.2) is 24.3 Å². The first kappa shape index (κ1) is 15.0. The number of benzene rings is 1. The summed E-state index contributed by atoms with van der Waals surface area (Å²) in [6.07, 6.45) is 0. The fourth-order valence-corrected chi connectivity index (χ4v) is 2.83. The Bertz CT molecular complexity index is 484. The summed E-state index contributed by atoms with van der Waals surface area (Å²) in [5.74, 6) is 0.107. The molecule has 5 heteroatoms. The van der Waals surface area contributed by atoms with Crippen LogP contribution in [0.4, 0.5) is 5.69 Å². The molecule has 0 bridgehead atoms. The largest absolute Gasteiger partial charge is 0.313 e. The highest BCUT2D eigenvalue weighted by Crippen LogP contribution is 2.20. The van der Waals surface area contributed by atoms with E-state index >= 15 is 0 Å². The summed E-state index contributed by atoms with van der Waals surface area (Å²) < 4.78 is 25.7. The van der Waals surface area contributed by atoms with Gasteiger partial charge in [-0.05, 0) is 18.6 Å². The van der Waals surface area contributed by atoms with Crippen molar-refractivity contribution in [1.82, 2.24) is 5.32 Å². The van der Waals surface area contributed by atoms with Crippen LogP contribution in [0.5, 0.6) is 0 Å². The van der Waals surface area contributed by atoms with E-state index in [9.17, 15) is 8.42 Å². The molecule has 1 rings (SSSR count). The van der Waals surface area contributed by atoms with Crippen LogP contribution in [0, 0.1) is 6.92 Å². The Morgan fingerprint density at radius 3 is 2.44 bits per heavy atom. The van der Waals surface area contributed by atoms with Gasteiger partial charge in [0.1, 0.15) is 0 Å². The third kappa shape index (κ3) is 3.99. The van der Waals surface area contributed by atoms with Crippen molar-refractivity contribution in [2.75, 3.05) is 23.7 Å². The fourth-order valence-electron chi connectivity index (χ4n) is 1.68. The second-order valence-electron chi connectivity index (χ2n) is 4.68. The molecule has 0 fully saturated rings. The summed E-state index contributed by atoms with van der Waals surface area (Å²) in [6, 6.07) is 7.78. The van der Waals surface area contributed by atoms with E-state index in [1.54, 1.807) is 7.05 Å². The van der Waals surface area contributed by atoms with Gasteiger partial charge in [-0.25, -0.2) is 8.42 Å². The number of nitrogens with one attached hydrogen (secondary N) is 1. The Hall–Kier alpha value is -1.07. The first-order valence-electron chi connectivity index (χ1n) is 6.10. The highest BCUT2D eigenvalue weighted by molar-refractivity contribution is 7.92. The third-order valence-corrected chi connectivity index (χ3v) is 4.54. The van der Waals surface area contributed by atoms with Crippen LogP contribution in [0.1, 0.15) is 19.4 Å². The lowest BCUT2D eigenvalue weighted by atomic mass is 10.2. The average molecular weight is 270 g/mol. The first-order chi connectivity index (χ1) is 8.34. The molecule has 0 aliphatic heterocycles. The van der Waals surface area contributed by atoms with Gasteiger partial charge < -0.3 is 5.32 Å². The van der Waals surface area contributed by atoms with E-state index in [0.29, 0.717) is 12.6 Å². The number of anilines is 1. The van der Waals surface area contributed by atoms with Gasteiger partial charge in [-0.1, -0.05) is 32.0 Å². The van der Waals surface area contributed by atoms with Gasteiger partial charge >= 0.3 is 0 Å². The predicted octanol–water partition coefficient (Wildman–Crippen LogP) is 1.76. The Kier molecular flexibility index (Phi) is 5.16. The molecule has 0 heterocycles. The van der Waals surface area contributed by atoms with Crippen LogP contribution in [0.2, 0.25) is 0 Å². The number of nitrogens with zero attached hydrogens (tertiary/aromatic N) is 1. The van der Waals surface area contributed by atoms with Crippen molar-refractivity contribution in [3.05, 3.63) is 29.8 Å². The van der Waals surface area contributed by atoms with Gasteiger partial charge in [-0.2, -0.15) is 0 Å². The molecule has 4 nitrogen and oxygen atoms in total. The summed E-state index contributed by atoms with van der Waals surface area (Å²) in [6.45, 7) is 6.37. The van der Waals surface area contributed by atoms with Gasteiger partial charge in [0.2, 0.25) is 10.0 Å². The SMILES string of the molecule is Cc1ccccc1N(C)S(=O)(=O)CCNC(C)C. The molecule has 0 amide bonds. The van der Waals surface area contributed by atoms with Gasteiger partial charge in [-0.15, -0.1) is 0 Å². The lowest BCUT2D eigenvalue weighted by Crippen LogP contribution is -2.35. The topological polar surface area (TPSA) is 49.4 Å². The molecule has 0 unspecified atom stereocenters. The summed E-state index contributed by atoms with van der Waals surface area (Å²) in [5, 5.41) is 3.12. The second-order valence-corrected chi connectivity index (χ2v) is 6.80. The smallest absolute Gasteiger partial charge is 0.236 e. The molecule has 0 atom stereocenters. The monoisotopic (exact) mass is 270 g/mol. The standard InChI is InChI=1S/C13H22N2O2S/c1-11(2)14-9-10-18(16,17)15(4)13-8-6-5-7-12(13)3/h5-8,11,14H,9-10H2,1-4H3. The quantitative estimate of drug-likeness (QED) is 0.857. The summed E-state index contributed by atoms with van der Waals surface area (Å²) in [5.41, 5.74) is 1.70. The molecule has 0 saturated heterocycles. The zero-order valence-corrected chi connectivity index (χ0v) is 12.3. The average Bonchev–Trinajstić information content (AvgIpc) is 2.28. The van der Waals surface area contributed by atoms with E-state index < -0.39 is 10.0 Å². The van der Waals surface area contributed by atoms with Crippen molar-refractivity contribution in [3.63, 3.8) is 0 Å². The third-order valence-electron chi connectivity index (χ3n) is 2.78. The Morgan fingerprint density at radius 2 is 1.89 bits per heavy atom. The maximum Gasteiger partial charge on any atom is 0.236 e. The van der Waals surface area contributed by atoms with Crippen LogP contribution in [-0.4, -0.2) is 33.8 Å². The highest BCUT2D eigenvalue weighted by atomic mass is 32.2. The summed E-state index contributed by atoms with van der Waals surface area (Å²) >= 11 is 0. The van der Waals surface area contributed by atoms with E-state index in [1.807, 2.05) is 45.0 Å². The first-order valence-corrected chi connectivity index (χ1v) is 7.71. The van der Waals surface area contributed by atoms with Crippen molar-refractivity contribution < 1.29 is 8.42 Å². The minimum Gasteiger partial charge on any atom is -0.313 e. The molecule has 0 aliphatic carbocycles. The molecule has 0 spiro atoms. The lowest BCUT2D eigenvalue weighted by molar-refractivity contribution is 0.576. The van der Waals surface area contributed by atoms with Crippen LogP contribution >= 0.6 is 0 Å². The summed E-state index contributed by atoms with van der Waals surface area (Å²) in [7, 11) is -1.66. The van der Waals surface area contributed by atoms with Crippen molar-refractivity contribution in [3.8, 4) is 0 Å². The second kappa shape index (κ2) is 6.20. The van der Waals surface area contributed by atoms with E-state index in [4.69, 9.17) is 0 Å². The fraction of sp³-hybridized carbons (Fsp3) is 0.538. The van der Waals surface area contributed by atoms with Crippen molar-refractivity contribution >= 4 is 15.7 Å². The number of rotatable bonds is 6. The molecule has 1 aromatic rings. The maximum absolute atomic E-state index is 12.2. The number of para-hydroxylation sites is 1. The predicted molar refractivity (Wildman–Crippen MR) is 76.5 cm³/mol. The molecule has 0 radical (unpaired) electrons. The van der Waals surface area contributed by atoms with Gasteiger partial charge in [0.25, 0.3) is 0 Å². The molecule has 1 N–H and O–H groups in total. The minimum atomic E-state index is -3.26. The van der Waals surface area contributed by atoms with Gasteiger partial charge in [0, 0.05) is 19.6 Å². The molecule has 0 saturated carbocycles. The van der Waals surface area contributed by atoms with Gasteiger partial charge in [0.05, 0.1) is 11.4 Å². The zero-order chi connectivity index (χ0) is 13.8. The van der Waals surface area contributed by atoms with Crippen molar-refractivity contribution in [2.24, 2.45) is 0 Å². The number of sulfonamides is 1. The number of hydrogen-bond donors (Lipinski definition) is 1. The molecule has 1 aromatic carbocycles. The normalized spacial score (nSPS) is 11.8. The Labute approximate surface area is 110 Å². The van der Waals surface area contributed by atoms with Crippen molar-refractivity contribution in [1.29, 1.82) is 0 Å². The van der Waals surface area contributed by atoms with Crippen LogP contribution in [-0.2, 0) is 10.0 Å². The van der Waals surface area contributed by atoms with E-state index in [-0.39, 0.29) is 5.75 Å². The minimum absolute atomic E-state index is 0.107. The number of aryl methyl sites for hydroxylation is 1. The Morgan fingerprint density at radius 1 is 1.28 bits per heavy atom. The van der Waals surface area contributed by atoms with E-state index in [2.05, 4.69) is 5.32 Å². The van der Waals surface area contributed by atoms with E-state index in [1.165, 1.54) is 4.31 Å². The lowest BCUT2D eigenvalue weighted by Gasteiger charge is -2.21. The van der Waals surface area contributed by atoms with Crippen LogP contribution < -0.4 is 9.62 Å². The van der Waals surface area contributed by atoms with Crippen LogP contribution in [0.25, 0.3) is 0 Å². The van der Waals surface area contributed by atoms with E-state index in [0.717, 1.165) is 11.3 Å². The Balaban J connectivity index is 2.76. The van der Waals surface area contributed by atoms with Gasteiger partial charge in [-0.3, -0.25) is 4.31 Å². The van der Waals surface area contributed by atoms with Gasteiger partial charge in [0.15, 0.2) is 0 Å². The van der Waals surface area contributed by atoms with Crippen LogP contribution in [0.3, 0.4) is 0 Å². The summed E-state index contributed by atoms with van der Waals surface area (Å²) in [4.78, 5) is 0. The molecular weight excluding hydrogens is 248 g/mol. The molecule has 0 aliphatic rings. The molecular formula is C13H22N2O2S. The van der Waals surface area contributed by atoms with Crippen molar-refractivity contribution in [2.45, 2.75) is 26.8 Å². The maximum atomic E-state index is 12.2.